The largest absolute Gasteiger partial charge is 0.296 e. The number of halogens is 1. The van der Waals surface area contributed by atoms with E-state index in [1.807, 2.05) is 11.8 Å². The Labute approximate surface area is 93.9 Å². The van der Waals surface area contributed by atoms with Gasteiger partial charge in [0.05, 0.1) is 11.9 Å². The van der Waals surface area contributed by atoms with Crippen LogP contribution in [0.2, 0.25) is 0 Å². The Balaban J connectivity index is 1.93. The first-order valence-corrected chi connectivity index (χ1v) is 6.23. The van der Waals surface area contributed by atoms with E-state index in [-0.39, 0.29) is 5.82 Å². The van der Waals surface area contributed by atoms with Gasteiger partial charge in [0.2, 0.25) is 0 Å². The van der Waals surface area contributed by atoms with Gasteiger partial charge in [-0.15, -0.1) is 0 Å². The molecule has 1 aliphatic heterocycles. The Morgan fingerprint density at radius 1 is 1.60 bits per heavy atom. The minimum Gasteiger partial charge on any atom is -0.296 e. The molecule has 1 aromatic rings. The van der Waals surface area contributed by atoms with Gasteiger partial charge in [-0.2, -0.15) is 11.8 Å². The SMILES string of the molecule is C[C@@H]1CN(Cc2ccc(F)cn2)CCS1. The molecule has 82 valence electrons. The zero-order valence-corrected chi connectivity index (χ0v) is 9.63. The summed E-state index contributed by atoms with van der Waals surface area (Å²) >= 11 is 2.01. The molecule has 0 amide bonds. The summed E-state index contributed by atoms with van der Waals surface area (Å²) in [6.07, 6.45) is 1.29. The first-order chi connectivity index (χ1) is 7.24. The fourth-order valence-electron chi connectivity index (χ4n) is 1.76. The number of thioether (sulfide) groups is 1. The Kier molecular flexibility index (Phi) is 3.59. The molecule has 0 N–H and O–H groups in total. The highest BCUT2D eigenvalue weighted by Gasteiger charge is 2.16. The monoisotopic (exact) mass is 226 g/mol. The summed E-state index contributed by atoms with van der Waals surface area (Å²) < 4.78 is 12.6. The van der Waals surface area contributed by atoms with Gasteiger partial charge in [0, 0.05) is 30.6 Å². The lowest BCUT2D eigenvalue weighted by Crippen LogP contribution is -2.36. The molecule has 0 saturated carbocycles. The predicted octanol–water partition coefficient (Wildman–Crippen LogP) is 2.16. The molecule has 1 fully saturated rings. The summed E-state index contributed by atoms with van der Waals surface area (Å²) in [5.74, 6) is 0.920. The smallest absolute Gasteiger partial charge is 0.141 e. The third-order valence-corrected chi connectivity index (χ3v) is 3.64. The van der Waals surface area contributed by atoms with E-state index < -0.39 is 0 Å². The summed E-state index contributed by atoms with van der Waals surface area (Å²) in [5, 5.41) is 0.694. The third kappa shape index (κ3) is 3.18. The van der Waals surface area contributed by atoms with Crippen LogP contribution in [0.1, 0.15) is 12.6 Å². The van der Waals surface area contributed by atoms with Crippen LogP contribution in [0.3, 0.4) is 0 Å². The highest BCUT2D eigenvalue weighted by atomic mass is 32.2. The van der Waals surface area contributed by atoms with Crippen LogP contribution in [-0.2, 0) is 6.54 Å². The van der Waals surface area contributed by atoms with Gasteiger partial charge in [-0.05, 0) is 12.1 Å². The number of pyridine rings is 1. The first-order valence-electron chi connectivity index (χ1n) is 5.18. The second-order valence-electron chi connectivity index (χ2n) is 3.88. The highest BCUT2D eigenvalue weighted by molar-refractivity contribution is 7.99. The third-order valence-electron chi connectivity index (χ3n) is 2.50. The normalized spacial score (nSPS) is 22.9. The molecule has 0 radical (unpaired) electrons. The minimum absolute atomic E-state index is 0.263. The summed E-state index contributed by atoms with van der Waals surface area (Å²) in [6, 6.07) is 3.24. The zero-order valence-electron chi connectivity index (χ0n) is 8.82. The van der Waals surface area contributed by atoms with E-state index in [4.69, 9.17) is 0 Å². The fourth-order valence-corrected chi connectivity index (χ4v) is 2.85. The Morgan fingerprint density at radius 3 is 3.13 bits per heavy atom. The minimum atomic E-state index is -0.263. The molecule has 0 aromatic carbocycles. The maximum atomic E-state index is 12.6. The number of nitrogens with zero attached hydrogens (tertiary/aromatic N) is 2. The number of hydrogen-bond acceptors (Lipinski definition) is 3. The van der Waals surface area contributed by atoms with Crippen LogP contribution in [0.5, 0.6) is 0 Å². The number of rotatable bonds is 2. The molecule has 0 spiro atoms. The van der Waals surface area contributed by atoms with Crippen molar-refractivity contribution in [1.82, 2.24) is 9.88 Å². The Hall–Kier alpha value is -0.610. The summed E-state index contributed by atoms with van der Waals surface area (Å²) in [5.41, 5.74) is 0.954. The van der Waals surface area contributed by atoms with E-state index in [1.165, 1.54) is 18.0 Å². The molecule has 4 heteroatoms. The van der Waals surface area contributed by atoms with Gasteiger partial charge in [-0.3, -0.25) is 9.88 Å². The maximum Gasteiger partial charge on any atom is 0.141 e. The number of hydrogen-bond donors (Lipinski definition) is 0. The van der Waals surface area contributed by atoms with Crippen LogP contribution in [0.15, 0.2) is 18.3 Å². The predicted molar refractivity (Wildman–Crippen MR) is 61.4 cm³/mol. The molecule has 15 heavy (non-hydrogen) atoms. The quantitative estimate of drug-likeness (QED) is 0.769. The topological polar surface area (TPSA) is 16.1 Å². The lowest BCUT2D eigenvalue weighted by molar-refractivity contribution is 0.275. The van der Waals surface area contributed by atoms with Gasteiger partial charge in [0.25, 0.3) is 0 Å². The van der Waals surface area contributed by atoms with Crippen LogP contribution < -0.4 is 0 Å². The highest BCUT2D eigenvalue weighted by Crippen LogP contribution is 2.18. The van der Waals surface area contributed by atoms with Crippen molar-refractivity contribution >= 4 is 11.8 Å². The van der Waals surface area contributed by atoms with E-state index >= 15 is 0 Å². The maximum absolute atomic E-state index is 12.6. The van der Waals surface area contributed by atoms with Crippen LogP contribution in [-0.4, -0.2) is 34.0 Å². The summed E-state index contributed by atoms with van der Waals surface area (Å²) in [4.78, 5) is 6.45. The van der Waals surface area contributed by atoms with Crippen LogP contribution in [0, 0.1) is 5.82 Å². The molecule has 1 saturated heterocycles. The second kappa shape index (κ2) is 4.94. The van der Waals surface area contributed by atoms with Gasteiger partial charge >= 0.3 is 0 Å². The Morgan fingerprint density at radius 2 is 2.47 bits per heavy atom. The van der Waals surface area contributed by atoms with Crippen LogP contribution in [0.25, 0.3) is 0 Å². The van der Waals surface area contributed by atoms with E-state index in [2.05, 4.69) is 16.8 Å². The van der Waals surface area contributed by atoms with Crippen molar-refractivity contribution in [3.63, 3.8) is 0 Å². The van der Waals surface area contributed by atoms with Gasteiger partial charge in [-0.1, -0.05) is 6.92 Å². The van der Waals surface area contributed by atoms with Crippen molar-refractivity contribution in [2.45, 2.75) is 18.7 Å². The summed E-state index contributed by atoms with van der Waals surface area (Å²) in [7, 11) is 0. The van der Waals surface area contributed by atoms with Gasteiger partial charge in [0.15, 0.2) is 0 Å². The van der Waals surface area contributed by atoms with Crippen molar-refractivity contribution < 1.29 is 4.39 Å². The molecule has 2 rings (SSSR count). The summed E-state index contributed by atoms with van der Waals surface area (Å²) in [6.45, 7) is 5.29. The van der Waals surface area contributed by atoms with E-state index in [0.717, 1.165) is 25.3 Å². The lowest BCUT2D eigenvalue weighted by Gasteiger charge is -2.30. The molecule has 1 aromatic heterocycles. The van der Waals surface area contributed by atoms with Crippen molar-refractivity contribution in [1.29, 1.82) is 0 Å². The zero-order chi connectivity index (χ0) is 10.7. The molecule has 1 atom stereocenters. The molecule has 0 unspecified atom stereocenters. The van der Waals surface area contributed by atoms with Crippen molar-refractivity contribution in [3.8, 4) is 0 Å². The van der Waals surface area contributed by atoms with Crippen LogP contribution >= 0.6 is 11.8 Å². The molecule has 2 heterocycles. The molecular formula is C11H15FN2S. The number of aromatic nitrogens is 1. The van der Waals surface area contributed by atoms with Crippen molar-refractivity contribution in [2.24, 2.45) is 0 Å². The molecule has 2 nitrogen and oxygen atoms in total. The van der Waals surface area contributed by atoms with E-state index in [9.17, 15) is 4.39 Å². The second-order valence-corrected chi connectivity index (χ2v) is 5.43. The van der Waals surface area contributed by atoms with E-state index in [1.54, 1.807) is 6.07 Å². The Bertz CT molecular complexity index is 315. The van der Waals surface area contributed by atoms with Gasteiger partial charge < -0.3 is 0 Å². The molecule has 0 aliphatic carbocycles. The average Bonchev–Trinajstić information content (AvgIpc) is 2.22. The lowest BCUT2D eigenvalue weighted by atomic mass is 10.3. The van der Waals surface area contributed by atoms with Gasteiger partial charge in [0.1, 0.15) is 5.82 Å². The first kappa shape index (κ1) is 10.9. The molecular weight excluding hydrogens is 211 g/mol. The van der Waals surface area contributed by atoms with Gasteiger partial charge in [-0.25, -0.2) is 4.39 Å². The molecule has 0 bridgehead atoms. The van der Waals surface area contributed by atoms with Crippen molar-refractivity contribution in [2.75, 3.05) is 18.8 Å². The van der Waals surface area contributed by atoms with Crippen molar-refractivity contribution in [3.05, 3.63) is 29.8 Å². The van der Waals surface area contributed by atoms with E-state index in [0.29, 0.717) is 5.25 Å². The van der Waals surface area contributed by atoms with Crippen LogP contribution in [0.4, 0.5) is 4.39 Å². The standard InChI is InChI=1S/C11H15FN2S/c1-9-7-14(4-5-15-9)8-11-3-2-10(12)6-13-11/h2-3,6,9H,4-5,7-8H2,1H3/t9-/m1/s1. The fraction of sp³-hybridized carbons (Fsp3) is 0.545. The average molecular weight is 226 g/mol. The molecule has 1 aliphatic rings.